The van der Waals surface area contributed by atoms with Gasteiger partial charge in [0.1, 0.15) is 5.69 Å². The maximum absolute atomic E-state index is 12.3. The first kappa shape index (κ1) is 19.1. The number of piperidine rings is 1. The highest BCUT2D eigenvalue weighted by Crippen LogP contribution is 2.13. The number of benzene rings is 1. The van der Waals surface area contributed by atoms with Gasteiger partial charge in [-0.1, -0.05) is 18.2 Å². The van der Waals surface area contributed by atoms with E-state index in [4.69, 9.17) is 0 Å². The molecule has 0 saturated carbocycles. The van der Waals surface area contributed by atoms with E-state index in [0.29, 0.717) is 18.2 Å². The molecule has 1 saturated heterocycles. The van der Waals surface area contributed by atoms with E-state index in [-0.39, 0.29) is 29.6 Å². The van der Waals surface area contributed by atoms with Crippen LogP contribution in [0.5, 0.6) is 0 Å². The maximum atomic E-state index is 12.3. The topological polar surface area (TPSA) is 76.0 Å². The van der Waals surface area contributed by atoms with Gasteiger partial charge in [0, 0.05) is 12.6 Å². The fraction of sp³-hybridized carbons (Fsp3) is 0.389. The Balaban J connectivity index is 0.00000225. The van der Waals surface area contributed by atoms with Crippen molar-refractivity contribution < 1.29 is 4.79 Å². The molecule has 25 heavy (non-hydrogen) atoms. The van der Waals surface area contributed by atoms with Gasteiger partial charge in [-0.25, -0.2) is 0 Å². The Labute approximate surface area is 153 Å². The first-order valence-corrected chi connectivity index (χ1v) is 8.39. The molecule has 1 aromatic carbocycles. The number of amides is 1. The van der Waals surface area contributed by atoms with E-state index in [1.165, 1.54) is 29.7 Å². The molecule has 0 aliphatic carbocycles. The summed E-state index contributed by atoms with van der Waals surface area (Å²) < 4.78 is 1.25. The second kappa shape index (κ2) is 9.34. The number of hydrogen-bond acceptors (Lipinski definition) is 4. The number of aromatic nitrogens is 2. The molecule has 1 atom stereocenters. The van der Waals surface area contributed by atoms with Crippen LogP contribution < -0.4 is 16.2 Å². The van der Waals surface area contributed by atoms with Crippen LogP contribution in [0.3, 0.4) is 0 Å². The molecular formula is C18H23ClN4O2. The molecule has 0 radical (unpaired) electrons. The number of para-hydroxylation sites is 1. The maximum Gasteiger partial charge on any atom is 0.271 e. The monoisotopic (exact) mass is 362 g/mol. The average Bonchev–Trinajstić information content (AvgIpc) is 2.63. The van der Waals surface area contributed by atoms with Gasteiger partial charge >= 0.3 is 0 Å². The van der Waals surface area contributed by atoms with Gasteiger partial charge in [-0.15, -0.1) is 12.4 Å². The van der Waals surface area contributed by atoms with Crippen molar-refractivity contribution in [3.8, 4) is 5.69 Å². The van der Waals surface area contributed by atoms with E-state index in [1.54, 1.807) is 12.1 Å². The van der Waals surface area contributed by atoms with Gasteiger partial charge in [0.15, 0.2) is 0 Å². The first-order chi connectivity index (χ1) is 11.7. The first-order valence-electron chi connectivity index (χ1n) is 8.39. The minimum absolute atomic E-state index is 0. The molecule has 2 aromatic rings. The molecule has 1 aromatic heterocycles. The Hall–Kier alpha value is -2.18. The summed E-state index contributed by atoms with van der Waals surface area (Å²) in [5, 5.41) is 10.5. The lowest BCUT2D eigenvalue weighted by atomic mass is 9.96. The third-order valence-corrected chi connectivity index (χ3v) is 4.27. The molecule has 1 aliphatic rings. The number of rotatable bonds is 5. The lowest BCUT2D eigenvalue weighted by molar-refractivity contribution is 0.0944. The van der Waals surface area contributed by atoms with Gasteiger partial charge in [0.2, 0.25) is 0 Å². The highest BCUT2D eigenvalue weighted by Gasteiger charge is 2.14. The Kier molecular flexibility index (Phi) is 7.16. The Morgan fingerprint density at radius 2 is 2.04 bits per heavy atom. The van der Waals surface area contributed by atoms with Crippen LogP contribution in [0.25, 0.3) is 5.69 Å². The molecule has 6 nitrogen and oxygen atoms in total. The predicted octanol–water partition coefficient (Wildman–Crippen LogP) is 1.77. The number of nitrogens with one attached hydrogen (secondary N) is 2. The van der Waals surface area contributed by atoms with Crippen LogP contribution in [-0.2, 0) is 0 Å². The summed E-state index contributed by atoms with van der Waals surface area (Å²) in [7, 11) is 0. The minimum Gasteiger partial charge on any atom is -0.351 e. The molecule has 2 N–H and O–H groups in total. The van der Waals surface area contributed by atoms with Crippen molar-refractivity contribution in [2.45, 2.75) is 19.3 Å². The third-order valence-electron chi connectivity index (χ3n) is 4.27. The number of halogens is 1. The van der Waals surface area contributed by atoms with Gasteiger partial charge in [-0.3, -0.25) is 9.59 Å². The summed E-state index contributed by atoms with van der Waals surface area (Å²) in [6.07, 6.45) is 3.36. The third kappa shape index (κ3) is 5.14. The van der Waals surface area contributed by atoms with Gasteiger partial charge in [0.05, 0.1) is 5.69 Å². The quantitative estimate of drug-likeness (QED) is 0.850. The Bertz CT molecular complexity index is 742. The van der Waals surface area contributed by atoms with Gasteiger partial charge in [-0.05, 0) is 56.5 Å². The molecule has 1 fully saturated rings. The summed E-state index contributed by atoms with van der Waals surface area (Å²) in [4.78, 5) is 24.3. The number of hydrogen-bond donors (Lipinski definition) is 2. The molecule has 1 unspecified atom stereocenters. The molecular weight excluding hydrogens is 340 g/mol. The normalized spacial score (nSPS) is 16.7. The van der Waals surface area contributed by atoms with Crippen LogP contribution in [0.4, 0.5) is 0 Å². The zero-order valence-electron chi connectivity index (χ0n) is 14.0. The fourth-order valence-corrected chi connectivity index (χ4v) is 2.94. The van der Waals surface area contributed by atoms with Gasteiger partial charge in [-0.2, -0.15) is 9.78 Å². The van der Waals surface area contributed by atoms with Crippen LogP contribution >= 0.6 is 12.4 Å². The van der Waals surface area contributed by atoms with Crippen molar-refractivity contribution in [3.63, 3.8) is 0 Å². The summed E-state index contributed by atoms with van der Waals surface area (Å²) in [5.41, 5.74) is 0.636. The van der Waals surface area contributed by atoms with Crippen LogP contribution in [0.15, 0.2) is 47.3 Å². The lowest BCUT2D eigenvalue weighted by Crippen LogP contribution is -2.34. The smallest absolute Gasteiger partial charge is 0.271 e. The van der Waals surface area contributed by atoms with E-state index in [9.17, 15) is 9.59 Å². The zero-order valence-corrected chi connectivity index (χ0v) is 14.8. The summed E-state index contributed by atoms with van der Waals surface area (Å²) in [6.45, 7) is 2.73. The van der Waals surface area contributed by atoms with E-state index < -0.39 is 0 Å². The van der Waals surface area contributed by atoms with Crippen molar-refractivity contribution in [2.24, 2.45) is 5.92 Å². The van der Waals surface area contributed by atoms with Crippen LogP contribution in [0.2, 0.25) is 0 Å². The molecule has 1 amide bonds. The Morgan fingerprint density at radius 3 is 2.76 bits per heavy atom. The highest BCUT2D eigenvalue weighted by molar-refractivity contribution is 5.92. The van der Waals surface area contributed by atoms with Crippen molar-refractivity contribution in [1.29, 1.82) is 0 Å². The van der Waals surface area contributed by atoms with E-state index in [1.807, 2.05) is 18.2 Å². The van der Waals surface area contributed by atoms with Gasteiger partial charge < -0.3 is 10.6 Å². The minimum atomic E-state index is -0.258. The largest absolute Gasteiger partial charge is 0.351 e. The van der Waals surface area contributed by atoms with Crippen molar-refractivity contribution in [3.05, 3.63) is 58.5 Å². The van der Waals surface area contributed by atoms with Crippen LogP contribution in [0.1, 0.15) is 29.8 Å². The standard InChI is InChI=1S/C18H22N4O2.ClH/c23-17-9-8-16(21-22(17)15-6-2-1-3-7-15)18(24)20-12-10-14-5-4-11-19-13-14;/h1-3,6-9,14,19H,4-5,10-13H2,(H,20,24);1H. The molecule has 2 heterocycles. The van der Waals surface area contributed by atoms with E-state index in [0.717, 1.165) is 19.5 Å². The zero-order chi connectivity index (χ0) is 16.8. The highest BCUT2D eigenvalue weighted by atomic mass is 35.5. The molecule has 7 heteroatoms. The summed E-state index contributed by atoms with van der Waals surface area (Å²) in [5.74, 6) is 0.369. The Morgan fingerprint density at radius 1 is 1.24 bits per heavy atom. The van der Waals surface area contributed by atoms with Crippen molar-refractivity contribution in [2.75, 3.05) is 19.6 Å². The van der Waals surface area contributed by atoms with Crippen LogP contribution in [-0.4, -0.2) is 35.3 Å². The van der Waals surface area contributed by atoms with Crippen molar-refractivity contribution >= 4 is 18.3 Å². The second-order valence-corrected chi connectivity index (χ2v) is 6.06. The molecule has 0 spiro atoms. The predicted molar refractivity (Wildman–Crippen MR) is 99.6 cm³/mol. The van der Waals surface area contributed by atoms with E-state index >= 15 is 0 Å². The number of nitrogens with zero attached hydrogens (tertiary/aromatic N) is 2. The molecule has 0 bridgehead atoms. The molecule has 3 rings (SSSR count). The van der Waals surface area contributed by atoms with E-state index in [2.05, 4.69) is 15.7 Å². The lowest BCUT2D eigenvalue weighted by Gasteiger charge is -2.22. The summed E-state index contributed by atoms with van der Waals surface area (Å²) in [6, 6.07) is 11.9. The summed E-state index contributed by atoms with van der Waals surface area (Å²) >= 11 is 0. The number of carbonyl (C=O) groups excluding carboxylic acids is 1. The molecule has 134 valence electrons. The SMILES string of the molecule is Cl.O=C(NCCC1CCCNC1)c1ccc(=O)n(-c2ccccc2)n1. The van der Waals surface area contributed by atoms with Crippen molar-refractivity contribution in [1.82, 2.24) is 20.4 Å². The van der Waals surface area contributed by atoms with Gasteiger partial charge in [0.25, 0.3) is 11.5 Å². The number of carbonyl (C=O) groups is 1. The molecule has 1 aliphatic heterocycles. The average molecular weight is 363 g/mol. The van der Waals surface area contributed by atoms with Crippen LogP contribution in [0, 0.1) is 5.92 Å². The second-order valence-electron chi connectivity index (χ2n) is 6.06. The fourth-order valence-electron chi connectivity index (χ4n) is 2.94.